The largest absolute Gasteiger partial charge is 0.299 e. The minimum atomic E-state index is -1.38. The average molecular weight is 235 g/mol. The molecule has 1 aromatic rings. The summed E-state index contributed by atoms with van der Waals surface area (Å²) in [6, 6.07) is 7.64. The number of carbonyl (C=O) groups is 1. The lowest BCUT2D eigenvalue weighted by Crippen LogP contribution is -2.07. The molecule has 13 heavy (non-hydrogen) atoms. The van der Waals surface area contributed by atoms with Gasteiger partial charge in [-0.15, -0.1) is 0 Å². The highest BCUT2D eigenvalue weighted by Gasteiger charge is 2.24. The summed E-state index contributed by atoms with van der Waals surface area (Å²) in [4.78, 5) is 11.3. The van der Waals surface area contributed by atoms with E-state index in [1.807, 2.05) is 31.2 Å². The maximum Gasteiger partial charge on any atom is 0.222 e. The Kier molecular flexibility index (Phi) is 3.65. The zero-order valence-corrected chi connectivity index (χ0v) is 9.29. The second kappa shape index (κ2) is 4.36. The van der Waals surface area contributed by atoms with Crippen LogP contribution in [-0.4, -0.2) is 9.95 Å². The third-order valence-corrected chi connectivity index (χ3v) is 2.93. The van der Waals surface area contributed by atoms with Crippen LogP contribution >= 0.6 is 35.0 Å². The monoisotopic (exact) mass is 234 g/mol. The highest BCUT2D eigenvalue weighted by molar-refractivity contribution is 8.04. The van der Waals surface area contributed by atoms with E-state index in [1.54, 1.807) is 0 Å². The van der Waals surface area contributed by atoms with Gasteiger partial charge in [0.15, 0.2) is 6.29 Å². The Morgan fingerprint density at radius 3 is 2.31 bits per heavy atom. The summed E-state index contributed by atoms with van der Waals surface area (Å²) in [5.41, 5.74) is 1.16. The van der Waals surface area contributed by atoms with Gasteiger partial charge >= 0.3 is 0 Å². The molecule has 4 heteroatoms. The molecule has 1 nitrogen and oxygen atoms in total. The van der Waals surface area contributed by atoms with Crippen molar-refractivity contribution in [1.29, 1.82) is 0 Å². The van der Waals surface area contributed by atoms with E-state index in [-0.39, 0.29) is 0 Å². The molecule has 1 aromatic carbocycles. The van der Waals surface area contributed by atoms with E-state index in [1.165, 1.54) is 0 Å². The topological polar surface area (TPSA) is 17.1 Å². The predicted octanol–water partition coefficient (Wildman–Crippen LogP) is 3.42. The molecule has 0 bridgehead atoms. The van der Waals surface area contributed by atoms with Crippen LogP contribution in [-0.2, 0) is 4.79 Å². The van der Waals surface area contributed by atoms with Crippen molar-refractivity contribution in [2.24, 2.45) is 0 Å². The number of halogens is 2. The Morgan fingerprint density at radius 2 is 1.85 bits per heavy atom. The van der Waals surface area contributed by atoms with Crippen molar-refractivity contribution in [1.82, 2.24) is 0 Å². The van der Waals surface area contributed by atoms with Gasteiger partial charge in [0.2, 0.25) is 3.67 Å². The lowest BCUT2D eigenvalue weighted by atomic mass is 10.2. The van der Waals surface area contributed by atoms with Gasteiger partial charge < -0.3 is 0 Å². The van der Waals surface area contributed by atoms with Crippen LogP contribution in [0, 0.1) is 6.92 Å². The van der Waals surface area contributed by atoms with Crippen molar-refractivity contribution in [2.45, 2.75) is 15.5 Å². The maximum atomic E-state index is 10.4. The minimum Gasteiger partial charge on any atom is -0.299 e. The molecule has 0 aliphatic carbocycles. The molecule has 0 N–H and O–H groups in total. The van der Waals surface area contributed by atoms with Crippen molar-refractivity contribution in [3.05, 3.63) is 29.8 Å². The lowest BCUT2D eigenvalue weighted by molar-refractivity contribution is -0.107. The molecule has 70 valence electrons. The molecule has 0 saturated carbocycles. The van der Waals surface area contributed by atoms with E-state index in [2.05, 4.69) is 0 Å². The summed E-state index contributed by atoms with van der Waals surface area (Å²) in [5.74, 6) is 0. The first kappa shape index (κ1) is 10.9. The van der Waals surface area contributed by atoms with E-state index in [0.717, 1.165) is 22.2 Å². The molecule has 1 rings (SSSR count). The third-order valence-electron chi connectivity index (χ3n) is 1.41. The highest BCUT2D eigenvalue weighted by atomic mass is 35.5. The van der Waals surface area contributed by atoms with Crippen LogP contribution in [0.1, 0.15) is 5.56 Å². The SMILES string of the molecule is Cc1ccc(SC(Cl)(Cl)C=O)cc1. The fourth-order valence-electron chi connectivity index (χ4n) is 0.787. The van der Waals surface area contributed by atoms with Gasteiger partial charge in [0.1, 0.15) is 0 Å². The molecule has 0 atom stereocenters. The number of benzene rings is 1. The average Bonchev–Trinajstić information content (AvgIpc) is 2.09. The fourth-order valence-corrected chi connectivity index (χ4v) is 1.96. The summed E-state index contributed by atoms with van der Waals surface area (Å²) in [6.45, 7) is 1.99. The van der Waals surface area contributed by atoms with Crippen LogP contribution in [0.15, 0.2) is 29.2 Å². The summed E-state index contributed by atoms with van der Waals surface area (Å²) in [5, 5.41) is 0. The molecule has 0 fully saturated rings. The van der Waals surface area contributed by atoms with Crippen LogP contribution in [0.4, 0.5) is 0 Å². The van der Waals surface area contributed by atoms with Gasteiger partial charge in [0, 0.05) is 4.90 Å². The maximum absolute atomic E-state index is 10.4. The van der Waals surface area contributed by atoms with E-state index in [0.29, 0.717) is 6.29 Å². The highest BCUT2D eigenvalue weighted by Crippen LogP contribution is 2.38. The van der Waals surface area contributed by atoms with Gasteiger partial charge in [-0.05, 0) is 19.1 Å². The van der Waals surface area contributed by atoms with Gasteiger partial charge in [0.25, 0.3) is 0 Å². The Labute approximate surface area is 91.4 Å². The normalized spacial score (nSPS) is 11.3. The Hall–Kier alpha value is -0.180. The zero-order valence-electron chi connectivity index (χ0n) is 6.96. The van der Waals surface area contributed by atoms with Gasteiger partial charge in [-0.1, -0.05) is 52.7 Å². The minimum absolute atomic E-state index is 0.515. The molecular weight excluding hydrogens is 227 g/mol. The number of hydrogen-bond acceptors (Lipinski definition) is 2. The van der Waals surface area contributed by atoms with Crippen molar-refractivity contribution in [3.63, 3.8) is 0 Å². The third kappa shape index (κ3) is 3.59. The fraction of sp³-hybridized carbons (Fsp3) is 0.222. The first-order valence-electron chi connectivity index (χ1n) is 3.63. The van der Waals surface area contributed by atoms with Crippen LogP contribution < -0.4 is 0 Å². The molecule has 0 aliphatic rings. The number of hydrogen-bond donors (Lipinski definition) is 0. The van der Waals surface area contributed by atoms with Gasteiger partial charge in [-0.3, -0.25) is 4.79 Å². The van der Waals surface area contributed by atoms with E-state index in [9.17, 15) is 4.79 Å². The molecule has 0 spiro atoms. The number of alkyl halides is 2. The van der Waals surface area contributed by atoms with Gasteiger partial charge in [-0.2, -0.15) is 0 Å². The van der Waals surface area contributed by atoms with E-state index >= 15 is 0 Å². The molecule has 0 aromatic heterocycles. The smallest absolute Gasteiger partial charge is 0.222 e. The standard InChI is InChI=1S/C9H8Cl2OS/c1-7-2-4-8(5-3-7)13-9(10,11)6-12/h2-6H,1H3. The van der Waals surface area contributed by atoms with Gasteiger partial charge in [0.05, 0.1) is 0 Å². The predicted molar refractivity (Wildman–Crippen MR) is 57.5 cm³/mol. The molecule has 0 amide bonds. The summed E-state index contributed by atoms with van der Waals surface area (Å²) >= 11 is 12.4. The van der Waals surface area contributed by atoms with Crippen LogP contribution in [0.2, 0.25) is 0 Å². The second-order valence-electron chi connectivity index (χ2n) is 2.59. The Morgan fingerprint density at radius 1 is 1.31 bits per heavy atom. The molecule has 0 radical (unpaired) electrons. The van der Waals surface area contributed by atoms with E-state index in [4.69, 9.17) is 23.2 Å². The lowest BCUT2D eigenvalue weighted by Gasteiger charge is -2.10. The summed E-state index contributed by atoms with van der Waals surface area (Å²) in [6.07, 6.45) is 0.515. The summed E-state index contributed by atoms with van der Waals surface area (Å²) < 4.78 is -1.38. The van der Waals surface area contributed by atoms with Crippen molar-refractivity contribution in [2.75, 3.05) is 0 Å². The molecule has 0 heterocycles. The van der Waals surface area contributed by atoms with Crippen molar-refractivity contribution >= 4 is 41.2 Å². The molecule has 0 unspecified atom stereocenters. The molecular formula is C9H8Cl2OS. The van der Waals surface area contributed by atoms with Crippen LogP contribution in [0.5, 0.6) is 0 Å². The number of thioether (sulfide) groups is 1. The van der Waals surface area contributed by atoms with E-state index < -0.39 is 3.67 Å². The van der Waals surface area contributed by atoms with Crippen molar-refractivity contribution < 1.29 is 4.79 Å². The number of aldehydes is 1. The first-order chi connectivity index (χ1) is 6.03. The molecule has 0 saturated heterocycles. The first-order valence-corrected chi connectivity index (χ1v) is 5.20. The number of carbonyl (C=O) groups excluding carboxylic acids is 1. The van der Waals surface area contributed by atoms with Crippen molar-refractivity contribution in [3.8, 4) is 0 Å². The Balaban J connectivity index is 2.75. The number of rotatable bonds is 3. The van der Waals surface area contributed by atoms with Crippen LogP contribution in [0.25, 0.3) is 0 Å². The van der Waals surface area contributed by atoms with Crippen LogP contribution in [0.3, 0.4) is 0 Å². The summed E-state index contributed by atoms with van der Waals surface area (Å²) in [7, 11) is 0. The zero-order chi connectivity index (χ0) is 9.90. The van der Waals surface area contributed by atoms with Gasteiger partial charge in [-0.25, -0.2) is 0 Å². The number of aryl methyl sites for hydroxylation is 1. The Bertz CT molecular complexity index is 295. The quantitative estimate of drug-likeness (QED) is 0.453. The second-order valence-corrected chi connectivity index (χ2v) is 5.75. The molecule has 0 aliphatic heterocycles.